The summed E-state index contributed by atoms with van der Waals surface area (Å²) in [5, 5.41) is 11.7. The third kappa shape index (κ3) is 1.01. The fraction of sp³-hybridized carbons (Fsp3) is 1.00. The SMILES string of the molecule is CNC1CC(CO)C1. The van der Waals surface area contributed by atoms with Gasteiger partial charge in [-0.3, -0.25) is 0 Å². The highest BCUT2D eigenvalue weighted by atomic mass is 16.3. The quantitative estimate of drug-likeness (QED) is 0.530. The number of aliphatic hydroxyl groups excluding tert-OH is 1. The van der Waals surface area contributed by atoms with Gasteiger partial charge in [-0.05, 0) is 25.8 Å². The summed E-state index contributed by atoms with van der Waals surface area (Å²) >= 11 is 0. The van der Waals surface area contributed by atoms with E-state index >= 15 is 0 Å². The summed E-state index contributed by atoms with van der Waals surface area (Å²) < 4.78 is 0. The Morgan fingerprint density at radius 1 is 1.62 bits per heavy atom. The molecule has 0 radical (unpaired) electrons. The van der Waals surface area contributed by atoms with E-state index < -0.39 is 0 Å². The van der Waals surface area contributed by atoms with E-state index in [0.717, 1.165) is 12.8 Å². The third-order valence-corrected chi connectivity index (χ3v) is 1.90. The average Bonchev–Trinajstić information content (AvgIpc) is 1.65. The van der Waals surface area contributed by atoms with Gasteiger partial charge in [-0.2, -0.15) is 0 Å². The van der Waals surface area contributed by atoms with E-state index in [0.29, 0.717) is 18.6 Å². The van der Waals surface area contributed by atoms with Crippen LogP contribution in [-0.4, -0.2) is 24.8 Å². The average molecular weight is 115 g/mol. The summed E-state index contributed by atoms with van der Waals surface area (Å²) in [4.78, 5) is 0. The predicted octanol–water partition coefficient (Wildman–Crippen LogP) is -0.0233. The molecule has 2 heteroatoms. The largest absolute Gasteiger partial charge is 0.396 e. The van der Waals surface area contributed by atoms with E-state index in [1.807, 2.05) is 7.05 Å². The molecule has 2 nitrogen and oxygen atoms in total. The minimum Gasteiger partial charge on any atom is -0.396 e. The predicted molar refractivity (Wildman–Crippen MR) is 32.7 cm³/mol. The van der Waals surface area contributed by atoms with Crippen molar-refractivity contribution in [2.75, 3.05) is 13.7 Å². The Hall–Kier alpha value is -0.0800. The lowest BCUT2D eigenvalue weighted by Crippen LogP contribution is -2.40. The maximum atomic E-state index is 8.57. The highest BCUT2D eigenvalue weighted by Gasteiger charge is 2.26. The molecule has 8 heavy (non-hydrogen) atoms. The summed E-state index contributed by atoms with van der Waals surface area (Å²) in [5.41, 5.74) is 0. The van der Waals surface area contributed by atoms with Crippen LogP contribution in [0.25, 0.3) is 0 Å². The van der Waals surface area contributed by atoms with Gasteiger partial charge >= 0.3 is 0 Å². The molecule has 0 aromatic heterocycles. The molecule has 0 bridgehead atoms. The lowest BCUT2D eigenvalue weighted by molar-refractivity contribution is 0.131. The van der Waals surface area contributed by atoms with Gasteiger partial charge in [0, 0.05) is 12.6 Å². The Kier molecular flexibility index (Phi) is 1.86. The van der Waals surface area contributed by atoms with Crippen LogP contribution in [0.15, 0.2) is 0 Å². The van der Waals surface area contributed by atoms with Crippen LogP contribution < -0.4 is 5.32 Å². The van der Waals surface area contributed by atoms with E-state index in [1.54, 1.807) is 0 Å². The van der Waals surface area contributed by atoms with Crippen molar-refractivity contribution in [2.24, 2.45) is 5.92 Å². The molecular formula is C6H13NO. The van der Waals surface area contributed by atoms with Crippen molar-refractivity contribution in [1.82, 2.24) is 5.32 Å². The van der Waals surface area contributed by atoms with Crippen molar-refractivity contribution in [1.29, 1.82) is 0 Å². The van der Waals surface area contributed by atoms with E-state index in [2.05, 4.69) is 5.32 Å². The topological polar surface area (TPSA) is 32.3 Å². The van der Waals surface area contributed by atoms with Crippen LogP contribution in [0.3, 0.4) is 0 Å². The molecule has 0 atom stereocenters. The van der Waals surface area contributed by atoms with Crippen molar-refractivity contribution in [3.8, 4) is 0 Å². The van der Waals surface area contributed by atoms with Crippen LogP contribution in [0, 0.1) is 5.92 Å². The lowest BCUT2D eigenvalue weighted by atomic mass is 9.81. The third-order valence-electron chi connectivity index (χ3n) is 1.90. The van der Waals surface area contributed by atoms with Crippen LogP contribution in [0.4, 0.5) is 0 Å². The van der Waals surface area contributed by atoms with Crippen molar-refractivity contribution in [3.05, 3.63) is 0 Å². The molecule has 1 aliphatic rings. The van der Waals surface area contributed by atoms with Crippen molar-refractivity contribution in [3.63, 3.8) is 0 Å². The number of rotatable bonds is 2. The molecule has 1 fully saturated rings. The van der Waals surface area contributed by atoms with Gasteiger partial charge in [-0.15, -0.1) is 0 Å². The zero-order valence-electron chi connectivity index (χ0n) is 5.22. The van der Waals surface area contributed by atoms with E-state index in [4.69, 9.17) is 5.11 Å². The molecule has 0 aliphatic heterocycles. The Labute approximate surface area is 49.9 Å². The molecule has 0 amide bonds. The molecule has 48 valence electrons. The fourth-order valence-electron chi connectivity index (χ4n) is 1.12. The van der Waals surface area contributed by atoms with Crippen LogP contribution >= 0.6 is 0 Å². The van der Waals surface area contributed by atoms with Crippen molar-refractivity contribution < 1.29 is 5.11 Å². The van der Waals surface area contributed by atoms with Gasteiger partial charge in [0.2, 0.25) is 0 Å². The molecular weight excluding hydrogens is 102 g/mol. The van der Waals surface area contributed by atoms with Gasteiger partial charge in [-0.25, -0.2) is 0 Å². The molecule has 0 aromatic carbocycles. The Morgan fingerprint density at radius 2 is 2.25 bits per heavy atom. The van der Waals surface area contributed by atoms with Gasteiger partial charge in [0.05, 0.1) is 0 Å². The first-order chi connectivity index (χ1) is 3.86. The summed E-state index contributed by atoms with van der Waals surface area (Å²) in [6.07, 6.45) is 2.32. The highest BCUT2D eigenvalue weighted by molar-refractivity contribution is 4.82. The zero-order valence-corrected chi connectivity index (χ0v) is 5.22. The Balaban J connectivity index is 2.03. The first kappa shape index (κ1) is 6.05. The highest BCUT2D eigenvalue weighted by Crippen LogP contribution is 2.25. The summed E-state index contributed by atoms with van der Waals surface area (Å²) in [5.74, 6) is 0.590. The second-order valence-electron chi connectivity index (χ2n) is 2.51. The smallest absolute Gasteiger partial charge is 0.0460 e. The maximum absolute atomic E-state index is 8.57. The minimum atomic E-state index is 0.373. The number of aliphatic hydroxyl groups is 1. The lowest BCUT2D eigenvalue weighted by Gasteiger charge is -2.33. The number of hydrogen-bond acceptors (Lipinski definition) is 2. The molecule has 1 aliphatic carbocycles. The number of hydrogen-bond donors (Lipinski definition) is 2. The van der Waals surface area contributed by atoms with Gasteiger partial charge in [0.1, 0.15) is 0 Å². The molecule has 0 aromatic rings. The van der Waals surface area contributed by atoms with Crippen molar-refractivity contribution in [2.45, 2.75) is 18.9 Å². The molecule has 0 heterocycles. The summed E-state index contributed by atoms with van der Waals surface area (Å²) in [7, 11) is 1.97. The Morgan fingerprint density at radius 3 is 2.62 bits per heavy atom. The second-order valence-corrected chi connectivity index (χ2v) is 2.51. The Bertz CT molecular complexity index is 60.9. The van der Waals surface area contributed by atoms with Crippen LogP contribution in [0.5, 0.6) is 0 Å². The minimum absolute atomic E-state index is 0.373. The summed E-state index contributed by atoms with van der Waals surface area (Å²) in [6, 6.07) is 0.687. The fourth-order valence-corrected chi connectivity index (χ4v) is 1.12. The zero-order chi connectivity index (χ0) is 5.98. The van der Waals surface area contributed by atoms with Crippen LogP contribution in [-0.2, 0) is 0 Å². The molecule has 2 N–H and O–H groups in total. The molecule has 0 spiro atoms. The molecule has 1 rings (SSSR count). The standard InChI is InChI=1S/C6H13NO/c1-7-6-2-5(3-6)4-8/h5-8H,2-4H2,1H3. The molecule has 1 saturated carbocycles. The first-order valence-electron chi connectivity index (χ1n) is 3.15. The van der Waals surface area contributed by atoms with Crippen molar-refractivity contribution >= 4 is 0 Å². The van der Waals surface area contributed by atoms with E-state index in [1.165, 1.54) is 0 Å². The van der Waals surface area contributed by atoms with Gasteiger partial charge in [0.25, 0.3) is 0 Å². The van der Waals surface area contributed by atoms with E-state index in [-0.39, 0.29) is 0 Å². The van der Waals surface area contributed by atoms with Crippen LogP contribution in [0.2, 0.25) is 0 Å². The van der Waals surface area contributed by atoms with E-state index in [9.17, 15) is 0 Å². The van der Waals surface area contributed by atoms with Crippen LogP contribution in [0.1, 0.15) is 12.8 Å². The first-order valence-corrected chi connectivity index (χ1v) is 3.15. The van der Waals surface area contributed by atoms with Gasteiger partial charge in [-0.1, -0.05) is 0 Å². The maximum Gasteiger partial charge on any atom is 0.0460 e. The molecule has 0 unspecified atom stereocenters. The van der Waals surface area contributed by atoms with Gasteiger partial charge in [0.15, 0.2) is 0 Å². The monoisotopic (exact) mass is 115 g/mol. The molecule has 0 saturated heterocycles. The number of nitrogens with one attached hydrogen (secondary N) is 1. The summed E-state index contributed by atoms with van der Waals surface area (Å²) in [6.45, 7) is 0.373. The van der Waals surface area contributed by atoms with Gasteiger partial charge < -0.3 is 10.4 Å². The normalized spacial score (nSPS) is 36.8. The second kappa shape index (κ2) is 2.46.